The number of aryl methyl sites for hydroxylation is 1. The van der Waals surface area contributed by atoms with Crippen LogP contribution in [-0.2, 0) is 6.54 Å². The van der Waals surface area contributed by atoms with Gasteiger partial charge in [0, 0.05) is 24.0 Å². The summed E-state index contributed by atoms with van der Waals surface area (Å²) in [5.41, 5.74) is 7.63. The Labute approximate surface area is 115 Å². The summed E-state index contributed by atoms with van der Waals surface area (Å²) in [5.74, 6) is 0. The average Bonchev–Trinajstić information content (AvgIpc) is 2.61. The van der Waals surface area contributed by atoms with Gasteiger partial charge in [0.25, 0.3) is 0 Å². The molecule has 1 rings (SSSR count). The molecule has 104 valence electrons. The van der Waals surface area contributed by atoms with Crippen molar-refractivity contribution in [3.05, 3.63) is 16.1 Å². The van der Waals surface area contributed by atoms with E-state index < -0.39 is 0 Å². The Morgan fingerprint density at radius 1 is 1.44 bits per heavy atom. The molecular formula is C14H27N3S. The Hall–Kier alpha value is -0.450. The van der Waals surface area contributed by atoms with Crippen LogP contribution in [0, 0.1) is 12.3 Å². The lowest BCUT2D eigenvalue weighted by atomic mass is 9.80. The molecule has 0 aliphatic rings. The fourth-order valence-electron chi connectivity index (χ4n) is 2.69. The molecule has 3 nitrogen and oxygen atoms in total. The third-order valence-corrected chi connectivity index (χ3v) is 4.14. The summed E-state index contributed by atoms with van der Waals surface area (Å²) in [6, 6.07) is 0.569. The van der Waals surface area contributed by atoms with Crippen molar-refractivity contribution in [1.29, 1.82) is 0 Å². The van der Waals surface area contributed by atoms with Gasteiger partial charge in [0.05, 0.1) is 10.7 Å². The van der Waals surface area contributed by atoms with Gasteiger partial charge in [0.1, 0.15) is 0 Å². The summed E-state index contributed by atoms with van der Waals surface area (Å²) in [4.78, 5) is 6.89. The number of thiazole rings is 1. The molecular weight excluding hydrogens is 242 g/mol. The van der Waals surface area contributed by atoms with E-state index in [1.165, 1.54) is 0 Å². The molecule has 0 saturated heterocycles. The molecule has 4 heteroatoms. The second-order valence-electron chi connectivity index (χ2n) is 6.16. The molecule has 0 radical (unpaired) electrons. The minimum atomic E-state index is 0.176. The highest BCUT2D eigenvalue weighted by Gasteiger charge is 2.32. The first-order chi connectivity index (χ1) is 8.25. The Kier molecular flexibility index (Phi) is 5.32. The molecule has 0 aliphatic carbocycles. The van der Waals surface area contributed by atoms with Gasteiger partial charge in [-0.1, -0.05) is 27.7 Å². The van der Waals surface area contributed by atoms with Crippen LogP contribution in [0.1, 0.15) is 44.8 Å². The normalized spacial score (nSPS) is 16.0. The highest BCUT2D eigenvalue weighted by atomic mass is 32.1. The molecule has 2 atom stereocenters. The third-order valence-electron chi connectivity index (χ3n) is 3.32. The zero-order valence-electron chi connectivity index (χ0n) is 12.5. The number of likely N-dealkylation sites (N-methyl/N-ethyl adjacent to an activating group) is 1. The predicted octanol–water partition coefficient (Wildman–Crippen LogP) is 3.04. The van der Waals surface area contributed by atoms with Crippen molar-refractivity contribution in [3.8, 4) is 0 Å². The van der Waals surface area contributed by atoms with E-state index in [4.69, 9.17) is 5.73 Å². The van der Waals surface area contributed by atoms with E-state index in [0.717, 1.165) is 23.7 Å². The molecule has 0 fully saturated rings. The van der Waals surface area contributed by atoms with Crippen LogP contribution in [0.4, 0.5) is 0 Å². The minimum absolute atomic E-state index is 0.176. The number of rotatable bonds is 5. The van der Waals surface area contributed by atoms with Crippen LogP contribution < -0.4 is 5.73 Å². The second kappa shape index (κ2) is 6.13. The van der Waals surface area contributed by atoms with Crippen LogP contribution in [0.3, 0.4) is 0 Å². The first kappa shape index (κ1) is 15.6. The molecule has 0 aromatic carbocycles. The lowest BCUT2D eigenvalue weighted by Gasteiger charge is -2.41. The van der Waals surface area contributed by atoms with Crippen molar-refractivity contribution in [3.63, 3.8) is 0 Å². The molecule has 0 bridgehead atoms. The molecule has 1 aromatic heterocycles. The van der Waals surface area contributed by atoms with Crippen molar-refractivity contribution in [2.24, 2.45) is 11.1 Å². The number of hydrogen-bond donors (Lipinski definition) is 1. The maximum Gasteiger partial charge on any atom is 0.0897 e. The van der Waals surface area contributed by atoms with Gasteiger partial charge in [-0.3, -0.25) is 4.90 Å². The van der Waals surface area contributed by atoms with Crippen molar-refractivity contribution in [2.75, 3.05) is 7.05 Å². The van der Waals surface area contributed by atoms with Gasteiger partial charge in [-0.2, -0.15) is 0 Å². The van der Waals surface area contributed by atoms with Crippen LogP contribution >= 0.6 is 11.3 Å². The largest absolute Gasteiger partial charge is 0.326 e. The highest BCUT2D eigenvalue weighted by molar-refractivity contribution is 7.09. The van der Waals surface area contributed by atoms with E-state index >= 15 is 0 Å². The fourth-order valence-corrected chi connectivity index (χ4v) is 3.29. The molecule has 0 saturated carbocycles. The monoisotopic (exact) mass is 269 g/mol. The number of hydrogen-bond acceptors (Lipinski definition) is 4. The van der Waals surface area contributed by atoms with E-state index in [0.29, 0.717) is 6.04 Å². The molecule has 0 aliphatic heterocycles. The Morgan fingerprint density at radius 3 is 2.44 bits per heavy atom. The zero-order valence-corrected chi connectivity index (χ0v) is 13.3. The third kappa shape index (κ3) is 4.04. The Bertz CT molecular complexity index is 367. The first-order valence-corrected chi connectivity index (χ1v) is 7.50. The molecule has 0 spiro atoms. The lowest BCUT2D eigenvalue weighted by molar-refractivity contribution is 0.0930. The quantitative estimate of drug-likeness (QED) is 0.893. The lowest BCUT2D eigenvalue weighted by Crippen LogP contribution is -2.52. The minimum Gasteiger partial charge on any atom is -0.326 e. The fraction of sp³-hybridized carbons (Fsp3) is 0.786. The van der Waals surface area contributed by atoms with Crippen LogP contribution in [-0.4, -0.2) is 29.0 Å². The second-order valence-corrected chi connectivity index (χ2v) is 7.22. The topological polar surface area (TPSA) is 42.1 Å². The van der Waals surface area contributed by atoms with Gasteiger partial charge >= 0.3 is 0 Å². The van der Waals surface area contributed by atoms with Crippen LogP contribution in [0.2, 0.25) is 0 Å². The standard InChI is InChI=1S/C14H27N3S/c1-7-12(15)13(14(3,4)5)17(6)8-11-9-18-10(2)16-11/h9,12-13H,7-8,15H2,1-6H3. The summed E-state index contributed by atoms with van der Waals surface area (Å²) in [6.07, 6.45) is 1.00. The van der Waals surface area contributed by atoms with Gasteiger partial charge < -0.3 is 5.73 Å². The van der Waals surface area contributed by atoms with Crippen molar-refractivity contribution >= 4 is 11.3 Å². The zero-order chi connectivity index (χ0) is 13.9. The van der Waals surface area contributed by atoms with Gasteiger partial charge in [0.2, 0.25) is 0 Å². The summed E-state index contributed by atoms with van der Waals surface area (Å²) in [5, 5.41) is 3.27. The van der Waals surface area contributed by atoms with E-state index in [1.807, 2.05) is 6.92 Å². The smallest absolute Gasteiger partial charge is 0.0897 e. The van der Waals surface area contributed by atoms with Crippen LogP contribution in [0.25, 0.3) is 0 Å². The highest BCUT2D eigenvalue weighted by Crippen LogP contribution is 2.28. The molecule has 18 heavy (non-hydrogen) atoms. The average molecular weight is 269 g/mol. The van der Waals surface area contributed by atoms with Crippen molar-refractivity contribution < 1.29 is 0 Å². The SMILES string of the molecule is CCC(N)C(N(C)Cc1csc(C)n1)C(C)(C)C. The maximum atomic E-state index is 6.30. The Morgan fingerprint density at radius 2 is 2.06 bits per heavy atom. The van der Waals surface area contributed by atoms with Gasteiger partial charge in [0.15, 0.2) is 0 Å². The van der Waals surface area contributed by atoms with Gasteiger partial charge in [-0.25, -0.2) is 4.98 Å². The van der Waals surface area contributed by atoms with E-state index in [1.54, 1.807) is 11.3 Å². The summed E-state index contributed by atoms with van der Waals surface area (Å²) in [7, 11) is 2.15. The van der Waals surface area contributed by atoms with Crippen molar-refractivity contribution in [2.45, 2.75) is 59.7 Å². The molecule has 1 heterocycles. The summed E-state index contributed by atoms with van der Waals surface area (Å²) < 4.78 is 0. The molecule has 0 amide bonds. The van der Waals surface area contributed by atoms with Gasteiger partial charge in [-0.05, 0) is 25.8 Å². The van der Waals surface area contributed by atoms with E-state index in [2.05, 4.69) is 50.0 Å². The summed E-state index contributed by atoms with van der Waals surface area (Å²) >= 11 is 1.71. The first-order valence-electron chi connectivity index (χ1n) is 6.62. The number of nitrogens with zero attached hydrogens (tertiary/aromatic N) is 2. The predicted molar refractivity (Wildman–Crippen MR) is 79.8 cm³/mol. The van der Waals surface area contributed by atoms with Gasteiger partial charge in [-0.15, -0.1) is 11.3 Å². The number of aromatic nitrogens is 1. The maximum absolute atomic E-state index is 6.30. The van der Waals surface area contributed by atoms with Crippen LogP contribution in [0.15, 0.2) is 5.38 Å². The Balaban J connectivity index is 2.79. The van der Waals surface area contributed by atoms with E-state index in [9.17, 15) is 0 Å². The molecule has 1 aromatic rings. The molecule has 2 N–H and O–H groups in total. The van der Waals surface area contributed by atoms with Crippen molar-refractivity contribution in [1.82, 2.24) is 9.88 Å². The van der Waals surface area contributed by atoms with Crippen LogP contribution in [0.5, 0.6) is 0 Å². The number of nitrogens with two attached hydrogens (primary N) is 1. The van der Waals surface area contributed by atoms with E-state index in [-0.39, 0.29) is 11.5 Å². The molecule has 2 unspecified atom stereocenters. The summed E-state index contributed by atoms with van der Waals surface area (Å²) in [6.45, 7) is 11.9.